The Morgan fingerprint density at radius 2 is 1.93 bits per heavy atom. The maximum atomic E-state index is 11.7. The highest BCUT2D eigenvalue weighted by Crippen LogP contribution is 2.18. The molecule has 8 nitrogen and oxygen atoms in total. The molecule has 3 rings (SSSR count). The number of carbonyl (C=O) groups is 1. The normalized spacial score (nSPS) is 15.4. The van der Waals surface area contributed by atoms with Crippen LogP contribution in [0, 0.1) is 5.92 Å². The number of nitrogens with zero attached hydrogens (tertiary/aromatic N) is 4. The van der Waals surface area contributed by atoms with Crippen molar-refractivity contribution in [2.45, 2.75) is 19.4 Å². The number of nitrogens with one attached hydrogen (secondary N) is 1. The van der Waals surface area contributed by atoms with Gasteiger partial charge in [-0.3, -0.25) is 9.79 Å². The van der Waals surface area contributed by atoms with E-state index in [4.69, 9.17) is 9.47 Å². The molecule has 1 aromatic heterocycles. The highest BCUT2D eigenvalue weighted by molar-refractivity contribution is 5.80. The van der Waals surface area contributed by atoms with Crippen LogP contribution < -0.4 is 10.1 Å². The van der Waals surface area contributed by atoms with Crippen molar-refractivity contribution in [3.63, 3.8) is 0 Å². The number of piperidine rings is 1. The summed E-state index contributed by atoms with van der Waals surface area (Å²) < 4.78 is 11.9. The Morgan fingerprint density at radius 1 is 1.21 bits per heavy atom. The van der Waals surface area contributed by atoms with E-state index in [9.17, 15) is 4.79 Å². The van der Waals surface area contributed by atoms with Crippen LogP contribution in [-0.2, 0) is 16.1 Å². The molecule has 0 radical (unpaired) electrons. The molecule has 28 heavy (non-hydrogen) atoms. The third-order valence-corrected chi connectivity index (χ3v) is 4.95. The standard InChI is InChI=1S/C20H27N5O3/c1-21-20(24-11-8-15(9-12-24)19(26)28-3)22-14-16-10-13-25(23-16)17-4-6-18(27-2)7-5-17/h4-7,10,13,15H,8-9,11-12,14H2,1-3H3,(H,21,22). The molecule has 2 heterocycles. The Morgan fingerprint density at radius 3 is 2.54 bits per heavy atom. The molecule has 0 saturated carbocycles. The Balaban J connectivity index is 1.54. The van der Waals surface area contributed by atoms with Gasteiger partial charge in [-0.05, 0) is 43.2 Å². The maximum absolute atomic E-state index is 11.7. The number of hydrogen-bond acceptors (Lipinski definition) is 5. The number of ether oxygens (including phenoxy) is 2. The van der Waals surface area contributed by atoms with E-state index >= 15 is 0 Å². The van der Waals surface area contributed by atoms with Gasteiger partial charge in [0.05, 0.1) is 38.1 Å². The van der Waals surface area contributed by atoms with Crippen molar-refractivity contribution >= 4 is 11.9 Å². The van der Waals surface area contributed by atoms with Gasteiger partial charge in [0.1, 0.15) is 5.75 Å². The van der Waals surface area contributed by atoms with Gasteiger partial charge in [0.15, 0.2) is 5.96 Å². The lowest BCUT2D eigenvalue weighted by Crippen LogP contribution is -2.46. The maximum Gasteiger partial charge on any atom is 0.308 e. The van der Waals surface area contributed by atoms with Crippen molar-refractivity contribution in [1.29, 1.82) is 0 Å². The molecule has 0 aliphatic carbocycles. The lowest BCUT2D eigenvalue weighted by molar-refractivity contribution is -0.146. The lowest BCUT2D eigenvalue weighted by Gasteiger charge is -2.33. The molecule has 0 atom stereocenters. The fourth-order valence-corrected chi connectivity index (χ4v) is 3.33. The fraction of sp³-hybridized carbons (Fsp3) is 0.450. The summed E-state index contributed by atoms with van der Waals surface area (Å²) in [7, 11) is 4.86. The smallest absolute Gasteiger partial charge is 0.308 e. The van der Waals surface area contributed by atoms with E-state index in [1.54, 1.807) is 14.2 Å². The quantitative estimate of drug-likeness (QED) is 0.481. The summed E-state index contributed by atoms with van der Waals surface area (Å²) >= 11 is 0. The third-order valence-electron chi connectivity index (χ3n) is 4.95. The SMILES string of the molecule is CN=C(NCc1ccn(-c2ccc(OC)cc2)n1)N1CCC(C(=O)OC)CC1. The van der Waals surface area contributed by atoms with Gasteiger partial charge in [-0.25, -0.2) is 4.68 Å². The highest BCUT2D eigenvalue weighted by atomic mass is 16.5. The van der Waals surface area contributed by atoms with Crippen LogP contribution >= 0.6 is 0 Å². The molecular weight excluding hydrogens is 358 g/mol. The number of rotatable bonds is 5. The number of carbonyl (C=O) groups excluding carboxylic acids is 1. The molecule has 2 aromatic rings. The number of hydrogen-bond donors (Lipinski definition) is 1. The van der Waals surface area contributed by atoms with E-state index in [1.165, 1.54) is 7.11 Å². The van der Waals surface area contributed by atoms with Gasteiger partial charge >= 0.3 is 5.97 Å². The van der Waals surface area contributed by atoms with Crippen LogP contribution in [0.4, 0.5) is 0 Å². The number of methoxy groups -OCH3 is 2. The summed E-state index contributed by atoms with van der Waals surface area (Å²) in [6.07, 6.45) is 3.49. The first-order chi connectivity index (χ1) is 13.6. The molecule has 1 aliphatic heterocycles. The van der Waals surface area contributed by atoms with Crippen molar-refractivity contribution in [3.05, 3.63) is 42.2 Å². The van der Waals surface area contributed by atoms with E-state index in [0.717, 1.165) is 49.0 Å². The lowest BCUT2D eigenvalue weighted by atomic mass is 9.97. The van der Waals surface area contributed by atoms with E-state index in [2.05, 4.69) is 20.3 Å². The Bertz CT molecular complexity index is 808. The van der Waals surface area contributed by atoms with E-state index in [-0.39, 0.29) is 11.9 Å². The second-order valence-electron chi connectivity index (χ2n) is 6.63. The van der Waals surface area contributed by atoms with Crippen molar-refractivity contribution in [2.24, 2.45) is 10.9 Å². The average Bonchev–Trinajstić information content (AvgIpc) is 3.23. The van der Waals surface area contributed by atoms with Gasteiger partial charge in [-0.15, -0.1) is 0 Å². The van der Waals surface area contributed by atoms with Crippen molar-refractivity contribution in [1.82, 2.24) is 20.0 Å². The fourth-order valence-electron chi connectivity index (χ4n) is 3.33. The molecule has 1 N–H and O–H groups in total. The number of aliphatic imine (C=N–C) groups is 1. The zero-order valence-corrected chi connectivity index (χ0v) is 16.6. The molecule has 1 saturated heterocycles. The number of aromatic nitrogens is 2. The molecule has 0 unspecified atom stereocenters. The molecule has 1 aliphatic rings. The first-order valence-corrected chi connectivity index (χ1v) is 9.37. The molecular formula is C20H27N5O3. The average molecular weight is 385 g/mol. The number of benzene rings is 1. The Hall–Kier alpha value is -3.03. The molecule has 1 aromatic carbocycles. The summed E-state index contributed by atoms with van der Waals surface area (Å²) in [6, 6.07) is 9.73. The zero-order valence-electron chi connectivity index (χ0n) is 16.6. The summed E-state index contributed by atoms with van der Waals surface area (Å²) in [5.74, 6) is 1.51. The zero-order chi connectivity index (χ0) is 19.9. The van der Waals surface area contributed by atoms with Gasteiger partial charge in [0, 0.05) is 26.3 Å². The monoisotopic (exact) mass is 385 g/mol. The Labute approximate surface area is 165 Å². The van der Waals surface area contributed by atoms with Gasteiger partial charge in [-0.2, -0.15) is 5.10 Å². The van der Waals surface area contributed by atoms with Crippen LogP contribution in [0.3, 0.4) is 0 Å². The van der Waals surface area contributed by atoms with Crippen LogP contribution in [0.2, 0.25) is 0 Å². The Kier molecular flexibility index (Phi) is 6.52. The van der Waals surface area contributed by atoms with E-state index in [0.29, 0.717) is 6.54 Å². The van der Waals surface area contributed by atoms with Gasteiger partial charge in [-0.1, -0.05) is 0 Å². The predicted octanol–water partition coefficient (Wildman–Crippen LogP) is 1.84. The van der Waals surface area contributed by atoms with E-state index in [1.807, 2.05) is 41.2 Å². The minimum atomic E-state index is -0.119. The number of guanidine groups is 1. The molecule has 8 heteroatoms. The molecule has 0 bridgehead atoms. The van der Waals surface area contributed by atoms with Crippen LogP contribution in [0.1, 0.15) is 18.5 Å². The van der Waals surface area contributed by atoms with Crippen molar-refractivity contribution < 1.29 is 14.3 Å². The third kappa shape index (κ3) is 4.62. The van der Waals surface area contributed by atoms with Crippen LogP contribution in [0.15, 0.2) is 41.5 Å². The summed E-state index contributed by atoms with van der Waals surface area (Å²) in [6.45, 7) is 2.13. The molecule has 150 valence electrons. The number of likely N-dealkylation sites (tertiary alicyclic amines) is 1. The second kappa shape index (κ2) is 9.25. The second-order valence-corrected chi connectivity index (χ2v) is 6.63. The summed E-state index contributed by atoms with van der Waals surface area (Å²) in [5, 5.41) is 7.97. The summed E-state index contributed by atoms with van der Waals surface area (Å²) in [5.41, 5.74) is 1.89. The van der Waals surface area contributed by atoms with Crippen molar-refractivity contribution in [2.75, 3.05) is 34.4 Å². The first kappa shape index (κ1) is 19.7. The predicted molar refractivity (Wildman–Crippen MR) is 107 cm³/mol. The van der Waals surface area contributed by atoms with Crippen LogP contribution in [0.25, 0.3) is 5.69 Å². The largest absolute Gasteiger partial charge is 0.497 e. The molecule has 1 fully saturated rings. The van der Waals surface area contributed by atoms with Gasteiger partial charge < -0.3 is 19.7 Å². The van der Waals surface area contributed by atoms with Crippen LogP contribution in [0.5, 0.6) is 5.75 Å². The number of esters is 1. The molecule has 0 amide bonds. The first-order valence-electron chi connectivity index (χ1n) is 9.37. The van der Waals surface area contributed by atoms with Crippen molar-refractivity contribution in [3.8, 4) is 11.4 Å². The minimum absolute atomic E-state index is 0.0143. The summed E-state index contributed by atoms with van der Waals surface area (Å²) in [4.78, 5) is 18.2. The van der Waals surface area contributed by atoms with E-state index < -0.39 is 0 Å². The topological polar surface area (TPSA) is 81.0 Å². The molecule has 0 spiro atoms. The minimum Gasteiger partial charge on any atom is -0.497 e. The van der Waals surface area contributed by atoms with Gasteiger partial charge in [0.2, 0.25) is 0 Å². The van der Waals surface area contributed by atoms with Gasteiger partial charge in [0.25, 0.3) is 0 Å². The highest BCUT2D eigenvalue weighted by Gasteiger charge is 2.26. The van der Waals surface area contributed by atoms with Crippen LogP contribution in [-0.4, -0.2) is 61.0 Å².